The lowest BCUT2D eigenvalue weighted by atomic mass is 10.1. The molecule has 0 saturated carbocycles. The van der Waals surface area contributed by atoms with Crippen molar-refractivity contribution in [3.05, 3.63) is 92.0 Å². The number of thioether (sulfide) groups is 1. The van der Waals surface area contributed by atoms with Crippen molar-refractivity contribution < 1.29 is 4.42 Å². The van der Waals surface area contributed by atoms with Gasteiger partial charge in [-0.2, -0.15) is 0 Å². The van der Waals surface area contributed by atoms with Crippen LogP contribution in [-0.4, -0.2) is 9.55 Å². The first-order valence-electron chi connectivity index (χ1n) is 8.93. The Hall–Kier alpha value is -2.83. The van der Waals surface area contributed by atoms with E-state index in [9.17, 15) is 9.59 Å². The van der Waals surface area contributed by atoms with Crippen molar-refractivity contribution in [2.24, 2.45) is 0 Å². The van der Waals surface area contributed by atoms with Gasteiger partial charge in [0.25, 0.3) is 5.56 Å². The van der Waals surface area contributed by atoms with Gasteiger partial charge in [-0.15, -0.1) is 6.58 Å². The zero-order valence-electron chi connectivity index (χ0n) is 15.6. The predicted molar refractivity (Wildman–Crippen MR) is 118 cm³/mol. The van der Waals surface area contributed by atoms with Gasteiger partial charge in [-0.3, -0.25) is 9.36 Å². The fourth-order valence-corrected chi connectivity index (χ4v) is 4.34. The molecule has 0 fully saturated rings. The summed E-state index contributed by atoms with van der Waals surface area (Å²) in [6, 6.07) is 12.3. The highest BCUT2D eigenvalue weighted by atomic mass is 35.5. The highest BCUT2D eigenvalue weighted by molar-refractivity contribution is 7.98. The number of aromatic nitrogens is 2. The molecule has 0 aliphatic carbocycles. The summed E-state index contributed by atoms with van der Waals surface area (Å²) in [5.41, 5.74) is 2.40. The van der Waals surface area contributed by atoms with Crippen molar-refractivity contribution in [3.8, 4) is 0 Å². The third-order valence-electron chi connectivity index (χ3n) is 4.54. The van der Waals surface area contributed by atoms with Crippen LogP contribution < -0.4 is 11.2 Å². The van der Waals surface area contributed by atoms with E-state index in [1.54, 1.807) is 28.8 Å². The molecule has 2 heterocycles. The molecule has 7 heteroatoms. The van der Waals surface area contributed by atoms with Crippen LogP contribution in [0.1, 0.15) is 11.1 Å². The Morgan fingerprint density at radius 1 is 1.17 bits per heavy atom. The van der Waals surface area contributed by atoms with E-state index in [2.05, 4.69) is 11.6 Å². The van der Waals surface area contributed by atoms with Crippen LogP contribution >= 0.6 is 23.4 Å². The molecule has 0 unspecified atom stereocenters. The average Bonchev–Trinajstić information content (AvgIpc) is 2.68. The molecule has 0 bridgehead atoms. The Morgan fingerprint density at radius 3 is 2.79 bits per heavy atom. The molecule has 0 N–H and O–H groups in total. The third kappa shape index (κ3) is 3.86. The van der Waals surface area contributed by atoms with E-state index in [1.807, 2.05) is 25.1 Å². The average molecular weight is 425 g/mol. The van der Waals surface area contributed by atoms with Gasteiger partial charge in [0.1, 0.15) is 5.58 Å². The standard InChI is InChI=1S/C22H17ClN2O3S/c1-3-8-25-21(27)17-11-15(23)5-7-18(17)24-22(25)29-12-14-10-20(26)28-19-9-13(2)4-6-16(14)19/h3-7,9-11H,1,8,12H2,2H3. The number of nitrogens with zero attached hydrogens (tertiary/aromatic N) is 2. The Balaban J connectivity index is 1.79. The summed E-state index contributed by atoms with van der Waals surface area (Å²) >= 11 is 7.43. The van der Waals surface area contributed by atoms with Crippen molar-refractivity contribution in [2.45, 2.75) is 24.4 Å². The lowest BCUT2D eigenvalue weighted by Gasteiger charge is -2.12. The van der Waals surface area contributed by atoms with Gasteiger partial charge in [0.05, 0.1) is 10.9 Å². The molecular formula is C22H17ClN2O3S. The molecule has 2 aromatic carbocycles. The van der Waals surface area contributed by atoms with E-state index in [1.165, 1.54) is 17.8 Å². The molecule has 4 rings (SSSR count). The van der Waals surface area contributed by atoms with Crippen LogP contribution in [-0.2, 0) is 12.3 Å². The van der Waals surface area contributed by atoms with Crippen LogP contribution in [0.2, 0.25) is 5.02 Å². The van der Waals surface area contributed by atoms with Gasteiger partial charge < -0.3 is 4.42 Å². The SMILES string of the molecule is C=CCn1c(SCc2cc(=O)oc3cc(C)ccc23)nc2ccc(Cl)cc2c1=O. The van der Waals surface area contributed by atoms with Crippen LogP contribution in [0.15, 0.2) is 74.3 Å². The van der Waals surface area contributed by atoms with Gasteiger partial charge in [-0.25, -0.2) is 9.78 Å². The Morgan fingerprint density at radius 2 is 2.00 bits per heavy atom. The first-order chi connectivity index (χ1) is 14.0. The van der Waals surface area contributed by atoms with Gasteiger partial charge in [0, 0.05) is 28.8 Å². The largest absolute Gasteiger partial charge is 0.423 e. The molecule has 0 spiro atoms. The summed E-state index contributed by atoms with van der Waals surface area (Å²) in [5.74, 6) is 0.466. The second-order valence-electron chi connectivity index (χ2n) is 6.64. The molecule has 0 radical (unpaired) electrons. The zero-order valence-corrected chi connectivity index (χ0v) is 17.2. The summed E-state index contributed by atoms with van der Waals surface area (Å²) in [5, 5.41) is 2.37. The normalized spacial score (nSPS) is 11.2. The molecule has 0 aliphatic rings. The minimum atomic E-state index is -0.400. The Bertz CT molecular complexity index is 1370. The fourth-order valence-electron chi connectivity index (χ4n) is 3.17. The van der Waals surface area contributed by atoms with E-state index >= 15 is 0 Å². The molecule has 0 amide bonds. The molecule has 4 aromatic rings. The lowest BCUT2D eigenvalue weighted by Crippen LogP contribution is -2.22. The summed E-state index contributed by atoms with van der Waals surface area (Å²) < 4.78 is 6.89. The van der Waals surface area contributed by atoms with Crippen LogP contribution in [0.3, 0.4) is 0 Å². The molecule has 0 atom stereocenters. The molecule has 146 valence electrons. The maximum atomic E-state index is 12.9. The minimum absolute atomic E-state index is 0.173. The number of fused-ring (bicyclic) bond motifs is 2. The number of allylic oxidation sites excluding steroid dienone is 1. The minimum Gasteiger partial charge on any atom is -0.423 e. The molecule has 29 heavy (non-hydrogen) atoms. The van der Waals surface area contributed by atoms with Crippen molar-refractivity contribution in [1.82, 2.24) is 9.55 Å². The highest BCUT2D eigenvalue weighted by Gasteiger charge is 2.13. The van der Waals surface area contributed by atoms with Crippen LogP contribution in [0.25, 0.3) is 21.9 Å². The van der Waals surface area contributed by atoms with Gasteiger partial charge in [-0.1, -0.05) is 41.6 Å². The zero-order chi connectivity index (χ0) is 20.5. The predicted octanol–water partition coefficient (Wildman–Crippen LogP) is 4.94. The van der Waals surface area contributed by atoms with Gasteiger partial charge in [0.2, 0.25) is 0 Å². The van der Waals surface area contributed by atoms with E-state index in [0.29, 0.717) is 39.0 Å². The van der Waals surface area contributed by atoms with E-state index in [4.69, 9.17) is 16.0 Å². The van der Waals surface area contributed by atoms with Crippen molar-refractivity contribution in [3.63, 3.8) is 0 Å². The first kappa shape index (κ1) is 19.5. The summed E-state index contributed by atoms with van der Waals surface area (Å²) in [6.45, 7) is 6.01. The van der Waals surface area contributed by atoms with Crippen LogP contribution in [0.5, 0.6) is 0 Å². The second-order valence-corrected chi connectivity index (χ2v) is 8.02. The van der Waals surface area contributed by atoms with Crippen molar-refractivity contribution in [2.75, 3.05) is 0 Å². The second kappa shape index (κ2) is 7.89. The number of hydrogen-bond acceptors (Lipinski definition) is 5. The summed E-state index contributed by atoms with van der Waals surface area (Å²) in [6.07, 6.45) is 1.65. The number of rotatable bonds is 5. The van der Waals surface area contributed by atoms with E-state index < -0.39 is 5.63 Å². The maximum absolute atomic E-state index is 12.9. The van der Waals surface area contributed by atoms with E-state index in [-0.39, 0.29) is 5.56 Å². The number of benzene rings is 2. The van der Waals surface area contributed by atoms with E-state index in [0.717, 1.165) is 16.5 Å². The van der Waals surface area contributed by atoms with Crippen molar-refractivity contribution >= 4 is 45.2 Å². The smallest absolute Gasteiger partial charge is 0.336 e. The number of aryl methyl sites for hydroxylation is 1. The molecular weight excluding hydrogens is 408 g/mol. The lowest BCUT2D eigenvalue weighted by molar-refractivity contribution is 0.559. The number of halogens is 1. The topological polar surface area (TPSA) is 65.1 Å². The van der Waals surface area contributed by atoms with Crippen LogP contribution in [0, 0.1) is 6.92 Å². The highest BCUT2D eigenvalue weighted by Crippen LogP contribution is 2.27. The monoisotopic (exact) mass is 424 g/mol. The van der Waals surface area contributed by atoms with Gasteiger partial charge in [0.15, 0.2) is 5.16 Å². The van der Waals surface area contributed by atoms with Crippen LogP contribution in [0.4, 0.5) is 0 Å². The number of hydrogen-bond donors (Lipinski definition) is 0. The Kier molecular flexibility index (Phi) is 5.30. The Labute approximate surface area is 175 Å². The molecule has 0 saturated heterocycles. The van der Waals surface area contributed by atoms with Gasteiger partial charge >= 0.3 is 5.63 Å². The summed E-state index contributed by atoms with van der Waals surface area (Å²) in [4.78, 5) is 29.6. The summed E-state index contributed by atoms with van der Waals surface area (Å²) in [7, 11) is 0. The fraction of sp³-hybridized carbons (Fsp3) is 0.136. The quantitative estimate of drug-likeness (QED) is 0.196. The molecule has 5 nitrogen and oxygen atoms in total. The molecule has 0 aliphatic heterocycles. The van der Waals surface area contributed by atoms with Crippen molar-refractivity contribution in [1.29, 1.82) is 0 Å². The van der Waals surface area contributed by atoms with Gasteiger partial charge in [-0.05, 0) is 42.3 Å². The molecule has 2 aromatic heterocycles. The maximum Gasteiger partial charge on any atom is 0.336 e. The third-order valence-corrected chi connectivity index (χ3v) is 5.80. The first-order valence-corrected chi connectivity index (χ1v) is 10.3.